The van der Waals surface area contributed by atoms with Crippen LogP contribution in [0, 0.1) is 0 Å². The summed E-state index contributed by atoms with van der Waals surface area (Å²) < 4.78 is 0. The lowest BCUT2D eigenvalue weighted by atomic mass is 10.2. The van der Waals surface area contributed by atoms with Crippen molar-refractivity contribution in [2.24, 2.45) is 0 Å². The molecule has 0 aliphatic rings. The van der Waals surface area contributed by atoms with E-state index in [2.05, 4.69) is 47.7 Å². The Kier molecular flexibility index (Phi) is 7.56. The molecule has 1 aromatic rings. The summed E-state index contributed by atoms with van der Waals surface area (Å²) in [5, 5.41) is 12.2. The molecule has 0 aromatic carbocycles. The van der Waals surface area contributed by atoms with E-state index in [1.807, 2.05) is 0 Å². The van der Waals surface area contributed by atoms with Crippen molar-refractivity contribution in [1.29, 1.82) is 0 Å². The van der Waals surface area contributed by atoms with Crippen LogP contribution in [0.1, 0.15) is 23.0 Å². The molecule has 0 bridgehead atoms. The number of carboxylic acids is 1. The van der Waals surface area contributed by atoms with Crippen LogP contribution in [0.5, 0.6) is 0 Å². The number of pyridine rings is 1. The molecule has 122 valence electrons. The van der Waals surface area contributed by atoms with E-state index in [0.717, 1.165) is 25.3 Å². The minimum Gasteiger partial charge on any atom is -0.478 e. The van der Waals surface area contributed by atoms with Gasteiger partial charge in [0.25, 0.3) is 0 Å². The third kappa shape index (κ3) is 6.24. The number of hydrogen-bond donors (Lipinski definition) is 2. The van der Waals surface area contributed by atoms with Gasteiger partial charge in [-0.1, -0.05) is 6.58 Å². The van der Waals surface area contributed by atoms with E-state index >= 15 is 0 Å². The van der Waals surface area contributed by atoms with Gasteiger partial charge < -0.3 is 20.2 Å². The van der Waals surface area contributed by atoms with Crippen LogP contribution < -0.4 is 5.32 Å². The summed E-state index contributed by atoms with van der Waals surface area (Å²) in [5.74, 6) is -0.936. The number of rotatable bonds is 10. The fourth-order valence-electron chi connectivity index (χ4n) is 2.02. The molecule has 0 fully saturated rings. The van der Waals surface area contributed by atoms with Gasteiger partial charge in [0.2, 0.25) is 0 Å². The van der Waals surface area contributed by atoms with E-state index in [9.17, 15) is 4.79 Å². The predicted molar refractivity (Wildman–Crippen MR) is 87.8 cm³/mol. The Morgan fingerprint density at radius 1 is 1.41 bits per heavy atom. The average Bonchev–Trinajstić information content (AvgIpc) is 2.48. The van der Waals surface area contributed by atoms with Gasteiger partial charge in [0.05, 0.1) is 11.3 Å². The van der Waals surface area contributed by atoms with E-state index in [-0.39, 0.29) is 5.56 Å². The van der Waals surface area contributed by atoms with Gasteiger partial charge in [-0.2, -0.15) is 0 Å². The standard InChI is InChI=1S/C16H26N4O2/c1-5-20(9-8-19(3)4)13(2)11-17-12-15-10-14(16(21)22)6-7-18-15/h6-7,10,17H,2,5,8-9,11-12H2,1,3-4H3,(H,21,22). The number of carboxylic acid groups (broad SMARTS) is 1. The normalized spacial score (nSPS) is 10.7. The van der Waals surface area contributed by atoms with E-state index < -0.39 is 5.97 Å². The predicted octanol–water partition coefficient (Wildman–Crippen LogP) is 1.27. The van der Waals surface area contributed by atoms with Gasteiger partial charge in [-0.05, 0) is 33.2 Å². The summed E-state index contributed by atoms with van der Waals surface area (Å²) >= 11 is 0. The highest BCUT2D eigenvalue weighted by atomic mass is 16.4. The quantitative estimate of drug-likeness (QED) is 0.678. The summed E-state index contributed by atoms with van der Waals surface area (Å²) in [6.07, 6.45) is 1.52. The van der Waals surface area contributed by atoms with Crippen molar-refractivity contribution in [2.45, 2.75) is 13.5 Å². The lowest BCUT2D eigenvalue weighted by Crippen LogP contribution is -2.34. The van der Waals surface area contributed by atoms with Gasteiger partial charge in [-0.3, -0.25) is 4.98 Å². The topological polar surface area (TPSA) is 68.7 Å². The first-order valence-corrected chi connectivity index (χ1v) is 7.40. The van der Waals surface area contributed by atoms with Crippen molar-refractivity contribution >= 4 is 5.97 Å². The number of aromatic nitrogens is 1. The lowest BCUT2D eigenvalue weighted by molar-refractivity contribution is 0.0696. The van der Waals surface area contributed by atoms with Crippen LogP contribution in [-0.4, -0.2) is 66.1 Å². The SMILES string of the molecule is C=C(CNCc1cc(C(=O)O)ccn1)N(CC)CCN(C)C. The maximum Gasteiger partial charge on any atom is 0.335 e. The summed E-state index contributed by atoms with van der Waals surface area (Å²) in [5.41, 5.74) is 1.99. The maximum absolute atomic E-state index is 10.9. The largest absolute Gasteiger partial charge is 0.478 e. The van der Waals surface area contributed by atoms with Crippen LogP contribution in [0.4, 0.5) is 0 Å². The van der Waals surface area contributed by atoms with Gasteiger partial charge in [-0.25, -0.2) is 4.79 Å². The van der Waals surface area contributed by atoms with E-state index in [1.54, 1.807) is 6.07 Å². The molecule has 0 saturated heterocycles. The zero-order valence-electron chi connectivity index (χ0n) is 13.7. The number of carbonyl (C=O) groups is 1. The fraction of sp³-hybridized carbons (Fsp3) is 0.500. The molecular formula is C16H26N4O2. The van der Waals surface area contributed by atoms with E-state index in [1.165, 1.54) is 12.3 Å². The fourth-order valence-corrected chi connectivity index (χ4v) is 2.02. The summed E-state index contributed by atoms with van der Waals surface area (Å²) in [7, 11) is 4.10. The highest BCUT2D eigenvalue weighted by molar-refractivity contribution is 5.87. The number of hydrogen-bond acceptors (Lipinski definition) is 5. The molecule has 1 rings (SSSR count). The number of nitrogens with one attached hydrogen (secondary N) is 1. The Morgan fingerprint density at radius 3 is 2.73 bits per heavy atom. The second kappa shape index (κ2) is 9.17. The Hall–Kier alpha value is -1.92. The molecule has 0 spiro atoms. The molecule has 0 atom stereocenters. The van der Waals surface area contributed by atoms with Crippen molar-refractivity contribution in [1.82, 2.24) is 20.1 Å². The second-order valence-electron chi connectivity index (χ2n) is 5.39. The van der Waals surface area contributed by atoms with Gasteiger partial charge in [-0.15, -0.1) is 0 Å². The second-order valence-corrected chi connectivity index (χ2v) is 5.39. The Balaban J connectivity index is 2.43. The minimum absolute atomic E-state index is 0.256. The summed E-state index contributed by atoms with van der Waals surface area (Å²) in [4.78, 5) is 19.5. The first kappa shape index (κ1) is 18.1. The Morgan fingerprint density at radius 2 is 2.14 bits per heavy atom. The molecule has 22 heavy (non-hydrogen) atoms. The van der Waals surface area contributed by atoms with Crippen LogP contribution in [-0.2, 0) is 6.54 Å². The summed E-state index contributed by atoms with van der Waals surface area (Å²) in [6.45, 7) is 10.2. The summed E-state index contributed by atoms with van der Waals surface area (Å²) in [6, 6.07) is 3.08. The van der Waals surface area contributed by atoms with Crippen molar-refractivity contribution < 1.29 is 9.90 Å². The van der Waals surface area contributed by atoms with Crippen LogP contribution in [0.15, 0.2) is 30.6 Å². The maximum atomic E-state index is 10.9. The first-order valence-electron chi connectivity index (χ1n) is 7.40. The molecular weight excluding hydrogens is 280 g/mol. The lowest BCUT2D eigenvalue weighted by Gasteiger charge is -2.27. The average molecular weight is 306 g/mol. The molecule has 2 N–H and O–H groups in total. The Bertz CT molecular complexity index is 503. The molecule has 0 unspecified atom stereocenters. The number of aromatic carboxylic acids is 1. The molecule has 0 aliphatic carbocycles. The molecule has 6 nitrogen and oxygen atoms in total. The number of likely N-dealkylation sites (N-methyl/N-ethyl adjacent to an activating group) is 2. The van der Waals surface area contributed by atoms with Gasteiger partial charge in [0, 0.05) is 44.6 Å². The zero-order valence-corrected chi connectivity index (χ0v) is 13.7. The third-order valence-corrected chi connectivity index (χ3v) is 3.34. The van der Waals surface area contributed by atoms with Crippen molar-refractivity contribution in [3.05, 3.63) is 41.9 Å². The minimum atomic E-state index is -0.936. The monoisotopic (exact) mass is 306 g/mol. The highest BCUT2D eigenvalue weighted by Crippen LogP contribution is 2.03. The molecule has 0 amide bonds. The van der Waals surface area contributed by atoms with Crippen LogP contribution in [0.2, 0.25) is 0 Å². The van der Waals surface area contributed by atoms with E-state index in [4.69, 9.17) is 5.11 Å². The van der Waals surface area contributed by atoms with Gasteiger partial charge in [0.1, 0.15) is 0 Å². The molecule has 1 aromatic heterocycles. The van der Waals surface area contributed by atoms with Crippen LogP contribution >= 0.6 is 0 Å². The molecule has 0 radical (unpaired) electrons. The zero-order chi connectivity index (χ0) is 16.5. The van der Waals surface area contributed by atoms with Crippen molar-refractivity contribution in [3.8, 4) is 0 Å². The van der Waals surface area contributed by atoms with Crippen LogP contribution in [0.3, 0.4) is 0 Å². The van der Waals surface area contributed by atoms with Crippen LogP contribution in [0.25, 0.3) is 0 Å². The van der Waals surface area contributed by atoms with Crippen molar-refractivity contribution in [3.63, 3.8) is 0 Å². The molecule has 6 heteroatoms. The Labute approximate surface area is 132 Å². The molecule has 1 heterocycles. The van der Waals surface area contributed by atoms with Crippen molar-refractivity contribution in [2.75, 3.05) is 40.3 Å². The van der Waals surface area contributed by atoms with E-state index in [0.29, 0.717) is 18.8 Å². The first-order chi connectivity index (χ1) is 10.4. The molecule has 0 saturated carbocycles. The van der Waals surface area contributed by atoms with Gasteiger partial charge in [0.15, 0.2) is 0 Å². The van der Waals surface area contributed by atoms with Gasteiger partial charge >= 0.3 is 5.97 Å². The number of nitrogens with zero attached hydrogens (tertiary/aromatic N) is 3. The highest BCUT2D eigenvalue weighted by Gasteiger charge is 2.07. The molecule has 0 aliphatic heterocycles. The smallest absolute Gasteiger partial charge is 0.335 e. The third-order valence-electron chi connectivity index (χ3n) is 3.34.